The van der Waals surface area contributed by atoms with Crippen LogP contribution in [0.2, 0.25) is 0 Å². The minimum Gasteiger partial charge on any atom is -0.379 e. The zero-order chi connectivity index (χ0) is 35.8. The Morgan fingerprint density at radius 2 is 1.33 bits per heavy atom. The third-order valence-corrected chi connectivity index (χ3v) is 10.3. The summed E-state index contributed by atoms with van der Waals surface area (Å²) in [6, 6.07) is 24.7. The molecular weight excluding hydrogens is 633 g/mol. The number of rotatable bonds is 23. The van der Waals surface area contributed by atoms with Crippen LogP contribution in [-0.4, -0.2) is 70.1 Å². The Hall–Kier alpha value is -2.68. The van der Waals surface area contributed by atoms with Crippen molar-refractivity contribution in [3.8, 4) is 0 Å². The number of aryl methyl sites for hydroxylation is 1. The molecular formula is C40H63N3O5P+. The van der Waals surface area contributed by atoms with Crippen molar-refractivity contribution in [1.29, 1.82) is 0 Å². The van der Waals surface area contributed by atoms with Crippen LogP contribution in [0, 0.1) is 12.8 Å². The molecule has 3 rings (SSSR count). The Morgan fingerprint density at radius 3 is 1.78 bits per heavy atom. The van der Waals surface area contributed by atoms with E-state index in [0.717, 1.165) is 50.3 Å². The van der Waals surface area contributed by atoms with Gasteiger partial charge in [0.25, 0.3) is 0 Å². The second kappa shape index (κ2) is 20.9. The lowest BCUT2D eigenvalue weighted by molar-refractivity contribution is -0.828. The van der Waals surface area contributed by atoms with Gasteiger partial charge in [0.2, 0.25) is 0 Å². The number of nitrogens with zero attached hydrogens (tertiary/aromatic N) is 1. The summed E-state index contributed by atoms with van der Waals surface area (Å²) in [5, 5.41) is 0. The van der Waals surface area contributed by atoms with Crippen LogP contribution in [0.5, 0.6) is 0 Å². The molecule has 0 saturated heterocycles. The smallest absolute Gasteiger partial charge is 0.379 e. The number of unbranched alkanes of at least 4 members (excludes halogenated alkanes) is 1. The van der Waals surface area contributed by atoms with Gasteiger partial charge >= 0.3 is 7.82 Å². The van der Waals surface area contributed by atoms with E-state index in [-0.39, 0.29) is 13.2 Å². The zero-order valence-corrected chi connectivity index (χ0v) is 32.3. The Balaban J connectivity index is 1.98. The van der Waals surface area contributed by atoms with Crippen LogP contribution in [0.25, 0.3) is 0 Å². The van der Waals surface area contributed by atoms with Crippen LogP contribution >= 0.6 is 7.82 Å². The summed E-state index contributed by atoms with van der Waals surface area (Å²) in [6.45, 7) is 23.4. The van der Waals surface area contributed by atoms with Gasteiger partial charge in [-0.3, -0.25) is 9.05 Å². The molecule has 0 aromatic heterocycles. The first-order valence-corrected chi connectivity index (χ1v) is 20.0. The van der Waals surface area contributed by atoms with Gasteiger partial charge in [0.1, 0.15) is 17.5 Å². The average Bonchev–Trinajstić information content (AvgIpc) is 3.11. The van der Waals surface area contributed by atoms with Crippen molar-refractivity contribution in [2.45, 2.75) is 80.8 Å². The lowest BCUT2D eigenvalue weighted by Crippen LogP contribution is -3.06. The SMILES string of the molecule is CCCCOCC(CN(CC)c1ccc([C-](c2ccc([NH+](CC)CC)cc2)c2ccc([NH+](CC)CC)cc2)c(C)c1)OP(=O)(O)OCCC. The number of phosphoric ester groups is 1. The molecule has 0 fully saturated rings. The van der Waals surface area contributed by atoms with Crippen molar-refractivity contribution in [2.75, 3.05) is 64.0 Å². The standard InChI is InChI=1S/C40H61N3O5P/c1-9-16-28-46-31-38(48-49(44,45)47-27-10-2)30-43(15-7)37-25-26-39(32(8)29-37)40(33-17-21-35(22-18-33)41(11-3)12-4)34-19-23-36(24-20-34)42(13-5)14-6/h17-26,29,38H,9-16,27-28,30-31H2,1-8H3,(H,44,45)/q-1/p+2. The van der Waals surface area contributed by atoms with E-state index < -0.39 is 13.9 Å². The average molecular weight is 697 g/mol. The molecule has 0 aliphatic heterocycles. The summed E-state index contributed by atoms with van der Waals surface area (Å²) in [4.78, 5) is 15.5. The number of ether oxygens (including phenoxy) is 1. The van der Waals surface area contributed by atoms with Gasteiger partial charge in [0.15, 0.2) is 0 Å². The summed E-state index contributed by atoms with van der Waals surface area (Å²) < 4.78 is 29.5. The first-order chi connectivity index (χ1) is 23.6. The number of benzene rings is 3. The van der Waals surface area contributed by atoms with Crippen LogP contribution < -0.4 is 14.7 Å². The van der Waals surface area contributed by atoms with Gasteiger partial charge in [0.05, 0.1) is 39.4 Å². The molecule has 3 aromatic rings. The molecule has 272 valence electrons. The van der Waals surface area contributed by atoms with Crippen molar-refractivity contribution >= 4 is 24.9 Å². The van der Waals surface area contributed by atoms with Crippen molar-refractivity contribution < 1.29 is 33.0 Å². The lowest BCUT2D eigenvalue weighted by Gasteiger charge is -2.32. The Bertz CT molecular complexity index is 1350. The second-order valence-electron chi connectivity index (χ2n) is 12.6. The van der Waals surface area contributed by atoms with E-state index in [1.165, 1.54) is 43.8 Å². The molecule has 3 N–H and O–H groups in total. The maximum absolute atomic E-state index is 12.7. The predicted molar refractivity (Wildman–Crippen MR) is 203 cm³/mol. The molecule has 0 spiro atoms. The van der Waals surface area contributed by atoms with E-state index in [0.29, 0.717) is 26.1 Å². The highest BCUT2D eigenvalue weighted by atomic mass is 31.2. The van der Waals surface area contributed by atoms with Crippen molar-refractivity contribution in [3.05, 3.63) is 94.9 Å². The van der Waals surface area contributed by atoms with Gasteiger partial charge < -0.3 is 24.3 Å². The number of phosphoric acid groups is 1. The number of hydrogen-bond donors (Lipinski definition) is 3. The highest BCUT2D eigenvalue weighted by Gasteiger charge is 2.28. The van der Waals surface area contributed by atoms with Crippen LogP contribution in [0.15, 0.2) is 66.7 Å². The monoisotopic (exact) mass is 696 g/mol. The maximum atomic E-state index is 12.7. The number of likely N-dealkylation sites (N-methyl/N-ethyl adjacent to an activating group) is 1. The Morgan fingerprint density at radius 1 is 0.776 bits per heavy atom. The first kappa shape index (κ1) is 40.7. The van der Waals surface area contributed by atoms with Crippen LogP contribution in [-0.2, 0) is 18.3 Å². The van der Waals surface area contributed by atoms with E-state index >= 15 is 0 Å². The molecule has 0 radical (unpaired) electrons. The van der Waals surface area contributed by atoms with Crippen LogP contribution in [0.4, 0.5) is 17.1 Å². The van der Waals surface area contributed by atoms with E-state index in [4.69, 9.17) is 13.8 Å². The highest BCUT2D eigenvalue weighted by Crippen LogP contribution is 2.45. The van der Waals surface area contributed by atoms with Crippen LogP contribution in [0.1, 0.15) is 90.0 Å². The molecule has 0 heterocycles. The van der Waals surface area contributed by atoms with Crippen LogP contribution in [0.3, 0.4) is 0 Å². The molecule has 0 amide bonds. The fourth-order valence-electron chi connectivity index (χ4n) is 6.33. The predicted octanol–water partition coefficient (Wildman–Crippen LogP) is 6.68. The second-order valence-corrected chi connectivity index (χ2v) is 14.1. The Kier molecular flexibility index (Phi) is 17.3. The molecule has 0 aliphatic rings. The van der Waals surface area contributed by atoms with Gasteiger partial charge in [-0.1, -0.05) is 97.8 Å². The summed E-state index contributed by atoms with van der Waals surface area (Å²) in [5.41, 5.74) is 8.33. The molecule has 8 nitrogen and oxygen atoms in total. The molecule has 49 heavy (non-hydrogen) atoms. The summed E-state index contributed by atoms with van der Waals surface area (Å²) >= 11 is 0. The largest absolute Gasteiger partial charge is 0.472 e. The molecule has 0 saturated carbocycles. The van der Waals surface area contributed by atoms with Gasteiger partial charge in [-0.05, 0) is 71.7 Å². The van der Waals surface area contributed by atoms with E-state index in [1.54, 1.807) is 0 Å². The molecule has 2 atom stereocenters. The number of anilines is 1. The molecule has 9 heteroatoms. The third-order valence-electron chi connectivity index (χ3n) is 9.21. The molecule has 0 aliphatic carbocycles. The number of hydrogen-bond acceptors (Lipinski definition) is 5. The minimum absolute atomic E-state index is 0.160. The van der Waals surface area contributed by atoms with Crippen molar-refractivity contribution in [2.24, 2.45) is 0 Å². The zero-order valence-electron chi connectivity index (χ0n) is 31.4. The minimum atomic E-state index is -4.22. The summed E-state index contributed by atoms with van der Waals surface area (Å²) in [7, 11) is -4.22. The topological polar surface area (TPSA) is 77.1 Å². The quantitative estimate of drug-likeness (QED) is 0.0445. The van der Waals surface area contributed by atoms with E-state index in [9.17, 15) is 9.46 Å². The first-order valence-electron chi connectivity index (χ1n) is 18.5. The van der Waals surface area contributed by atoms with E-state index in [2.05, 4.69) is 120 Å². The van der Waals surface area contributed by atoms with Gasteiger partial charge in [-0.2, -0.15) is 0 Å². The number of nitrogens with one attached hydrogen (secondary N) is 2. The van der Waals surface area contributed by atoms with Gasteiger partial charge in [0, 0.05) is 25.4 Å². The maximum Gasteiger partial charge on any atom is 0.472 e. The lowest BCUT2D eigenvalue weighted by atomic mass is 9.82. The molecule has 2 unspecified atom stereocenters. The third kappa shape index (κ3) is 12.0. The molecule has 3 aromatic carbocycles. The summed E-state index contributed by atoms with van der Waals surface area (Å²) in [5.74, 6) is 1.20. The fourth-order valence-corrected chi connectivity index (χ4v) is 7.31. The molecule has 0 bridgehead atoms. The van der Waals surface area contributed by atoms with E-state index in [1.807, 2.05) is 6.92 Å². The van der Waals surface area contributed by atoms with Gasteiger partial charge in [-0.15, -0.1) is 0 Å². The van der Waals surface area contributed by atoms with Crippen molar-refractivity contribution in [3.63, 3.8) is 0 Å². The van der Waals surface area contributed by atoms with Gasteiger partial charge in [-0.25, -0.2) is 4.57 Å². The normalized spacial score (nSPS) is 13.5. The fraction of sp³-hybridized carbons (Fsp3) is 0.525. The van der Waals surface area contributed by atoms with Crippen molar-refractivity contribution in [1.82, 2.24) is 0 Å². The Labute approximate surface area is 297 Å². The highest BCUT2D eigenvalue weighted by molar-refractivity contribution is 7.47. The number of quaternary nitrogens is 2. The summed E-state index contributed by atoms with van der Waals surface area (Å²) in [6.07, 6.45) is 1.92.